The minimum atomic E-state index is -0.170. The number of aliphatic hydroxyl groups is 1. The maximum Gasteiger partial charge on any atom is 0.115 e. The molecule has 2 aromatic carbocycles. The highest BCUT2D eigenvalue weighted by Crippen LogP contribution is 2.65. The van der Waals surface area contributed by atoms with Crippen molar-refractivity contribution in [2.45, 2.75) is 57.5 Å². The maximum atomic E-state index is 10.7. The normalized spacial score (nSPS) is 40.1. The molecule has 2 N–H and O–H groups in total. The zero-order valence-corrected chi connectivity index (χ0v) is 16.3. The third kappa shape index (κ3) is 2.56. The molecule has 27 heavy (non-hydrogen) atoms. The zero-order valence-electron chi connectivity index (χ0n) is 16.3. The van der Waals surface area contributed by atoms with Crippen LogP contribution in [-0.2, 0) is 6.42 Å². The number of fused-ring (bicyclic) bond motifs is 5. The van der Waals surface area contributed by atoms with Gasteiger partial charge in [0.05, 0.1) is 6.10 Å². The molecule has 3 aliphatic rings. The number of hydrogen-bond donors (Lipinski definition) is 2. The van der Waals surface area contributed by atoms with E-state index in [1.165, 1.54) is 29.5 Å². The highest BCUT2D eigenvalue weighted by molar-refractivity contribution is 5.43. The van der Waals surface area contributed by atoms with Gasteiger partial charge in [-0.1, -0.05) is 50.2 Å². The highest BCUT2D eigenvalue weighted by Gasteiger charge is 2.58. The summed E-state index contributed by atoms with van der Waals surface area (Å²) in [5.74, 6) is 2.85. The average molecular weight is 363 g/mol. The molecule has 0 heterocycles. The van der Waals surface area contributed by atoms with Crippen LogP contribution in [0.5, 0.6) is 5.75 Å². The summed E-state index contributed by atoms with van der Waals surface area (Å²) in [6.07, 6.45) is 4.16. The molecule has 2 heteroatoms. The number of aliphatic hydroxyl groups excluding tert-OH is 1. The van der Waals surface area contributed by atoms with E-state index in [1.807, 2.05) is 12.1 Å². The fraction of sp³-hybridized carbons (Fsp3) is 0.520. The fourth-order valence-corrected chi connectivity index (χ4v) is 7.12. The second kappa shape index (κ2) is 6.10. The summed E-state index contributed by atoms with van der Waals surface area (Å²) in [6, 6.07) is 17.0. The van der Waals surface area contributed by atoms with E-state index in [2.05, 4.69) is 50.2 Å². The average Bonchev–Trinajstić information content (AvgIpc) is 2.90. The van der Waals surface area contributed by atoms with Gasteiger partial charge in [-0.15, -0.1) is 0 Å². The number of hydrogen-bond acceptors (Lipinski definition) is 2. The second-order valence-corrected chi connectivity index (χ2v) is 9.64. The molecule has 0 bridgehead atoms. The Morgan fingerprint density at radius 1 is 1.04 bits per heavy atom. The predicted molar refractivity (Wildman–Crippen MR) is 108 cm³/mol. The lowest BCUT2D eigenvalue weighted by Gasteiger charge is -2.53. The quantitative estimate of drug-likeness (QED) is 0.727. The summed E-state index contributed by atoms with van der Waals surface area (Å²) in [5.41, 5.74) is 4.43. The van der Waals surface area contributed by atoms with Crippen molar-refractivity contribution < 1.29 is 10.2 Å². The van der Waals surface area contributed by atoms with E-state index >= 15 is 0 Å². The molecular formula is C25H30O2. The molecule has 0 spiro atoms. The molecule has 2 saturated carbocycles. The van der Waals surface area contributed by atoms with Crippen molar-refractivity contribution in [3.63, 3.8) is 0 Å². The molecular weight excluding hydrogens is 332 g/mol. The summed E-state index contributed by atoms with van der Waals surface area (Å²) in [4.78, 5) is 0. The third-order valence-electron chi connectivity index (χ3n) is 8.22. The van der Waals surface area contributed by atoms with E-state index in [0.29, 0.717) is 35.3 Å². The van der Waals surface area contributed by atoms with Crippen molar-refractivity contribution in [3.05, 3.63) is 65.2 Å². The first-order valence-corrected chi connectivity index (χ1v) is 10.5. The van der Waals surface area contributed by atoms with Gasteiger partial charge in [0, 0.05) is 0 Å². The topological polar surface area (TPSA) is 40.5 Å². The second-order valence-electron chi connectivity index (χ2n) is 9.64. The van der Waals surface area contributed by atoms with Crippen LogP contribution in [0.2, 0.25) is 0 Å². The Morgan fingerprint density at radius 3 is 2.59 bits per heavy atom. The Morgan fingerprint density at radius 2 is 1.81 bits per heavy atom. The fourth-order valence-electron chi connectivity index (χ4n) is 7.12. The summed E-state index contributed by atoms with van der Waals surface area (Å²) in [6.45, 7) is 4.70. The lowest BCUT2D eigenvalue weighted by molar-refractivity contribution is 0.0234. The molecule has 7 atom stereocenters. The smallest absolute Gasteiger partial charge is 0.115 e. The van der Waals surface area contributed by atoms with E-state index in [4.69, 9.17) is 0 Å². The van der Waals surface area contributed by atoms with E-state index in [9.17, 15) is 10.2 Å². The van der Waals surface area contributed by atoms with Crippen molar-refractivity contribution in [3.8, 4) is 5.75 Å². The molecule has 0 aromatic heterocycles. The molecule has 5 rings (SSSR count). The van der Waals surface area contributed by atoms with Gasteiger partial charge in [-0.05, 0) is 89.5 Å². The van der Waals surface area contributed by atoms with Crippen LogP contribution in [0.1, 0.15) is 61.6 Å². The van der Waals surface area contributed by atoms with Gasteiger partial charge < -0.3 is 10.2 Å². The molecule has 0 unspecified atom stereocenters. The van der Waals surface area contributed by atoms with Gasteiger partial charge in [-0.2, -0.15) is 0 Å². The van der Waals surface area contributed by atoms with Crippen molar-refractivity contribution in [2.24, 2.45) is 23.2 Å². The van der Waals surface area contributed by atoms with Crippen LogP contribution in [0.3, 0.4) is 0 Å². The van der Waals surface area contributed by atoms with Crippen LogP contribution in [0.25, 0.3) is 0 Å². The number of phenolic OH excluding ortho intramolecular Hbond substituents is 1. The van der Waals surface area contributed by atoms with E-state index in [1.54, 1.807) is 0 Å². The molecule has 2 nitrogen and oxygen atoms in total. The maximum absolute atomic E-state index is 10.7. The number of rotatable bonds is 1. The monoisotopic (exact) mass is 362 g/mol. The van der Waals surface area contributed by atoms with Crippen LogP contribution >= 0.6 is 0 Å². The number of phenols is 1. The Kier molecular flexibility index (Phi) is 3.91. The Hall–Kier alpha value is -1.80. The van der Waals surface area contributed by atoms with Crippen LogP contribution in [0.4, 0.5) is 0 Å². The predicted octanol–water partition coefficient (Wildman–Crippen LogP) is 5.25. The van der Waals surface area contributed by atoms with Crippen molar-refractivity contribution in [1.29, 1.82) is 0 Å². The number of aromatic hydroxyl groups is 1. The first-order valence-electron chi connectivity index (χ1n) is 10.5. The Balaban J connectivity index is 1.66. The van der Waals surface area contributed by atoms with Crippen LogP contribution < -0.4 is 0 Å². The molecule has 2 aromatic rings. The lowest BCUT2D eigenvalue weighted by Crippen LogP contribution is -2.45. The van der Waals surface area contributed by atoms with Gasteiger partial charge in [0.15, 0.2) is 0 Å². The van der Waals surface area contributed by atoms with Gasteiger partial charge in [0.2, 0.25) is 0 Å². The molecule has 3 aliphatic carbocycles. The standard InChI is InChI=1S/C25H30O2/c1-15-22(27)14-25(2)11-10-20-19-9-8-18(26)12-17(19)13-21(23(20)24(15)25)16-6-4-3-5-7-16/h3-9,12,15,20-24,26-27H,10-11,13-14H2,1-2H3/t15-,20-,21+,22+,23+,24+,25-/m1/s1. The van der Waals surface area contributed by atoms with Gasteiger partial charge in [0.1, 0.15) is 5.75 Å². The third-order valence-corrected chi connectivity index (χ3v) is 8.22. The first-order chi connectivity index (χ1) is 13.0. The van der Waals surface area contributed by atoms with Gasteiger partial charge in [-0.25, -0.2) is 0 Å². The molecule has 0 aliphatic heterocycles. The van der Waals surface area contributed by atoms with Crippen molar-refractivity contribution >= 4 is 0 Å². The Labute approximate surface area is 162 Å². The SMILES string of the molecule is C[C@H]1[C@H]2[C@H]3[C@H](CC[C@]2(C)C[C@@H]1O)c1ccc(O)cc1C[C@H]3c1ccccc1. The molecule has 0 saturated heterocycles. The summed E-state index contributed by atoms with van der Waals surface area (Å²) in [5, 5.41) is 20.8. The summed E-state index contributed by atoms with van der Waals surface area (Å²) < 4.78 is 0. The molecule has 0 radical (unpaired) electrons. The van der Waals surface area contributed by atoms with Gasteiger partial charge >= 0.3 is 0 Å². The van der Waals surface area contributed by atoms with Crippen LogP contribution in [0, 0.1) is 23.2 Å². The molecule has 2 fully saturated rings. The first kappa shape index (κ1) is 17.3. The largest absolute Gasteiger partial charge is 0.508 e. The minimum Gasteiger partial charge on any atom is -0.508 e. The highest BCUT2D eigenvalue weighted by atomic mass is 16.3. The lowest BCUT2D eigenvalue weighted by atomic mass is 9.51. The van der Waals surface area contributed by atoms with E-state index in [-0.39, 0.29) is 11.5 Å². The van der Waals surface area contributed by atoms with Crippen molar-refractivity contribution in [2.75, 3.05) is 0 Å². The Bertz CT molecular complexity index is 845. The van der Waals surface area contributed by atoms with Gasteiger partial charge in [0.25, 0.3) is 0 Å². The molecule has 0 amide bonds. The summed E-state index contributed by atoms with van der Waals surface area (Å²) in [7, 11) is 0. The summed E-state index contributed by atoms with van der Waals surface area (Å²) >= 11 is 0. The van der Waals surface area contributed by atoms with Crippen LogP contribution in [0.15, 0.2) is 48.5 Å². The number of benzene rings is 2. The van der Waals surface area contributed by atoms with E-state index in [0.717, 1.165) is 12.8 Å². The van der Waals surface area contributed by atoms with Gasteiger partial charge in [-0.3, -0.25) is 0 Å². The van der Waals surface area contributed by atoms with Crippen LogP contribution in [-0.4, -0.2) is 16.3 Å². The minimum absolute atomic E-state index is 0.170. The molecule has 142 valence electrons. The zero-order chi connectivity index (χ0) is 18.8. The van der Waals surface area contributed by atoms with E-state index < -0.39 is 0 Å². The van der Waals surface area contributed by atoms with Crippen molar-refractivity contribution in [1.82, 2.24) is 0 Å².